The number of benzene rings is 1. The van der Waals surface area contributed by atoms with Crippen LogP contribution in [0.4, 0.5) is 12.9 Å². The summed E-state index contributed by atoms with van der Waals surface area (Å²) in [4.78, 5) is 0. The van der Waals surface area contributed by atoms with Gasteiger partial charge in [-0.05, 0) is 12.1 Å². The second kappa shape index (κ2) is 3.52. The first-order valence-corrected chi connectivity index (χ1v) is 3.47. The third-order valence-corrected chi connectivity index (χ3v) is 1.18. The molecule has 1 rings (SSSR count). The molecular weight excluding hydrogens is 168 g/mol. The van der Waals surface area contributed by atoms with Crippen molar-refractivity contribution < 1.29 is 17.7 Å². The summed E-state index contributed by atoms with van der Waals surface area (Å²) in [7, 11) is 0. The summed E-state index contributed by atoms with van der Waals surface area (Å²) in [6, 6.07) is 7.94. The Hall–Kier alpha value is -1.13. The summed E-state index contributed by atoms with van der Waals surface area (Å²) in [5, 5.41) is 0. The second-order valence-electron chi connectivity index (χ2n) is 2.33. The molecule has 0 spiro atoms. The lowest BCUT2D eigenvalue weighted by atomic mass is 9.95. The molecule has 0 aromatic heterocycles. The molecule has 0 amide bonds. The maximum Gasteiger partial charge on any atom is 0.515 e. The van der Waals surface area contributed by atoms with Gasteiger partial charge in [0.1, 0.15) is 5.75 Å². The van der Waals surface area contributed by atoms with Crippen molar-refractivity contribution in [1.82, 2.24) is 0 Å². The molecule has 0 saturated heterocycles. The highest BCUT2D eigenvalue weighted by Crippen LogP contribution is 2.13. The van der Waals surface area contributed by atoms with Crippen LogP contribution in [0.3, 0.4) is 0 Å². The third-order valence-electron chi connectivity index (χ3n) is 1.18. The molecule has 1 nitrogen and oxygen atoms in total. The smallest absolute Gasteiger partial charge is 0.515 e. The largest absolute Gasteiger partial charge is 0.522 e. The third kappa shape index (κ3) is 3.32. The number of hydrogen-bond acceptors (Lipinski definition) is 1. The van der Waals surface area contributed by atoms with Crippen LogP contribution in [0.5, 0.6) is 5.75 Å². The van der Waals surface area contributed by atoms with Crippen molar-refractivity contribution in [2.45, 2.75) is 0 Å². The molecule has 66 valence electrons. The Morgan fingerprint density at radius 1 is 1.08 bits per heavy atom. The molecule has 0 bridgehead atoms. The number of para-hydroxylation sites is 1. The van der Waals surface area contributed by atoms with Gasteiger partial charge in [0.25, 0.3) is 0 Å². The van der Waals surface area contributed by atoms with Gasteiger partial charge in [0.05, 0.1) is 6.51 Å². The predicted molar refractivity (Wildman–Crippen MR) is 41.0 cm³/mol. The fourth-order valence-corrected chi connectivity index (χ4v) is 0.707. The Morgan fingerprint density at radius 2 is 1.67 bits per heavy atom. The Balaban J connectivity index is 2.44. The maximum absolute atomic E-state index is 11.7. The van der Waals surface area contributed by atoms with Crippen LogP contribution in [0.1, 0.15) is 0 Å². The van der Waals surface area contributed by atoms with Gasteiger partial charge < -0.3 is 17.7 Å². The average Bonchev–Trinajstić information content (AvgIpc) is 2.02. The van der Waals surface area contributed by atoms with E-state index in [0.29, 0.717) is 0 Å². The molecule has 0 radical (unpaired) electrons. The van der Waals surface area contributed by atoms with E-state index in [1.165, 1.54) is 12.1 Å². The van der Waals surface area contributed by atoms with E-state index in [1.807, 2.05) is 0 Å². The van der Waals surface area contributed by atoms with Gasteiger partial charge in [-0.25, -0.2) is 0 Å². The van der Waals surface area contributed by atoms with Gasteiger partial charge in [0.15, 0.2) is 0 Å². The minimum Gasteiger partial charge on any atom is -0.522 e. The van der Waals surface area contributed by atoms with E-state index in [2.05, 4.69) is 4.74 Å². The normalized spacial score (nSPS) is 11.2. The van der Waals surface area contributed by atoms with Crippen LogP contribution >= 0.6 is 0 Å². The monoisotopic (exact) mass is 175 g/mol. The van der Waals surface area contributed by atoms with Crippen LogP contribution in [0.25, 0.3) is 0 Å². The molecule has 0 aliphatic heterocycles. The molecule has 1 aromatic carbocycles. The SMILES string of the molecule is F[B-](F)(F)COc1ccccc1. The van der Waals surface area contributed by atoms with Gasteiger partial charge in [0, 0.05) is 0 Å². The standard InChI is InChI=1S/C7H7BF3O/c9-8(10,11)6-12-7-4-2-1-3-5-7/h1-5H,6H2/q-1. The van der Waals surface area contributed by atoms with Crippen molar-refractivity contribution in [1.29, 1.82) is 0 Å². The van der Waals surface area contributed by atoms with Gasteiger partial charge in [-0.15, -0.1) is 0 Å². The summed E-state index contributed by atoms with van der Waals surface area (Å²) in [5.41, 5.74) is 0. The molecule has 0 unspecified atom stereocenters. The van der Waals surface area contributed by atoms with Crippen molar-refractivity contribution in [3.8, 4) is 5.75 Å². The molecule has 1 aromatic rings. The van der Waals surface area contributed by atoms with Gasteiger partial charge in [0.2, 0.25) is 0 Å². The Bertz CT molecular complexity index is 234. The van der Waals surface area contributed by atoms with Crippen LogP contribution in [-0.2, 0) is 0 Å². The lowest BCUT2D eigenvalue weighted by Gasteiger charge is -2.14. The minimum atomic E-state index is -4.85. The number of rotatable bonds is 3. The Labute approximate surface area is 68.2 Å². The molecule has 0 saturated carbocycles. The number of hydrogen-bond donors (Lipinski definition) is 0. The lowest BCUT2D eigenvalue weighted by molar-refractivity contribution is 0.313. The van der Waals surface area contributed by atoms with E-state index < -0.39 is 13.5 Å². The van der Waals surface area contributed by atoms with Crippen LogP contribution in [0, 0.1) is 0 Å². The summed E-state index contributed by atoms with van der Waals surface area (Å²) < 4.78 is 39.5. The minimum absolute atomic E-state index is 0.247. The Kier molecular flexibility index (Phi) is 2.63. The van der Waals surface area contributed by atoms with Crippen molar-refractivity contribution in [3.05, 3.63) is 30.3 Å². The molecule has 0 fully saturated rings. The molecule has 0 heterocycles. The van der Waals surface area contributed by atoms with Gasteiger partial charge in [-0.2, -0.15) is 0 Å². The zero-order chi connectivity index (χ0) is 9.03. The van der Waals surface area contributed by atoms with Crippen molar-refractivity contribution >= 4 is 6.98 Å². The van der Waals surface area contributed by atoms with Crippen molar-refractivity contribution in [2.75, 3.05) is 6.51 Å². The fraction of sp³-hybridized carbons (Fsp3) is 0.143. The lowest BCUT2D eigenvalue weighted by Crippen LogP contribution is -2.26. The molecule has 12 heavy (non-hydrogen) atoms. The van der Waals surface area contributed by atoms with E-state index in [-0.39, 0.29) is 5.75 Å². The highest BCUT2D eigenvalue weighted by atomic mass is 19.4. The number of ether oxygens (including phenoxy) is 1. The van der Waals surface area contributed by atoms with Crippen LogP contribution < -0.4 is 4.74 Å². The van der Waals surface area contributed by atoms with E-state index in [9.17, 15) is 12.9 Å². The van der Waals surface area contributed by atoms with E-state index in [4.69, 9.17) is 0 Å². The van der Waals surface area contributed by atoms with Gasteiger partial charge in [-0.3, -0.25) is 0 Å². The highest BCUT2D eigenvalue weighted by Gasteiger charge is 2.23. The van der Waals surface area contributed by atoms with Gasteiger partial charge in [-0.1, -0.05) is 18.2 Å². The summed E-state index contributed by atoms with van der Waals surface area (Å²) in [6.45, 7) is -6.03. The summed E-state index contributed by atoms with van der Waals surface area (Å²) in [6.07, 6.45) is 0. The zero-order valence-corrected chi connectivity index (χ0v) is 6.21. The van der Waals surface area contributed by atoms with Crippen molar-refractivity contribution in [3.63, 3.8) is 0 Å². The first-order valence-electron chi connectivity index (χ1n) is 3.47. The first kappa shape index (κ1) is 8.97. The summed E-state index contributed by atoms with van der Waals surface area (Å²) in [5.74, 6) is 0.247. The molecule has 5 heteroatoms. The van der Waals surface area contributed by atoms with E-state index >= 15 is 0 Å². The molecular formula is C7H7BF3O-. The topological polar surface area (TPSA) is 9.23 Å². The van der Waals surface area contributed by atoms with Crippen LogP contribution in [-0.4, -0.2) is 13.5 Å². The average molecular weight is 175 g/mol. The zero-order valence-electron chi connectivity index (χ0n) is 6.21. The summed E-state index contributed by atoms with van der Waals surface area (Å²) >= 11 is 0. The highest BCUT2D eigenvalue weighted by molar-refractivity contribution is 6.58. The molecule has 0 atom stereocenters. The Morgan fingerprint density at radius 3 is 2.17 bits per heavy atom. The number of halogens is 3. The van der Waals surface area contributed by atoms with E-state index in [1.54, 1.807) is 18.2 Å². The first-order chi connectivity index (χ1) is 5.58. The predicted octanol–water partition coefficient (Wildman–Crippen LogP) is 2.45. The van der Waals surface area contributed by atoms with Crippen LogP contribution in [0.2, 0.25) is 0 Å². The molecule has 0 aliphatic carbocycles. The van der Waals surface area contributed by atoms with Crippen LogP contribution in [0.15, 0.2) is 30.3 Å². The maximum atomic E-state index is 11.7. The molecule has 0 N–H and O–H groups in total. The van der Waals surface area contributed by atoms with Crippen molar-refractivity contribution in [2.24, 2.45) is 0 Å². The molecule has 0 aliphatic rings. The fourth-order valence-electron chi connectivity index (χ4n) is 0.707. The quantitative estimate of drug-likeness (QED) is 0.641. The van der Waals surface area contributed by atoms with Gasteiger partial charge >= 0.3 is 6.98 Å². The second-order valence-corrected chi connectivity index (χ2v) is 2.33. The van der Waals surface area contributed by atoms with E-state index in [0.717, 1.165) is 0 Å².